The minimum atomic E-state index is -1.39. The molecular weight excluding hydrogens is 328 g/mol. The average molecular weight is 351 g/mol. The SMILES string of the molecule is C[Si](C)(C)c1ccccc1C#Cc1ccc(C#Cc2ccccc2)cc1. The molecule has 0 atom stereocenters. The largest absolute Gasteiger partial charge is 0.0792 e. The Morgan fingerprint density at radius 2 is 0.962 bits per heavy atom. The molecule has 0 nitrogen and oxygen atoms in total. The van der Waals surface area contributed by atoms with Crippen molar-refractivity contribution in [3.8, 4) is 23.7 Å². The Hall–Kier alpha value is -3.00. The van der Waals surface area contributed by atoms with Gasteiger partial charge < -0.3 is 0 Å². The quantitative estimate of drug-likeness (QED) is 0.426. The van der Waals surface area contributed by atoms with Crippen molar-refractivity contribution >= 4 is 13.3 Å². The van der Waals surface area contributed by atoms with Crippen molar-refractivity contribution in [2.45, 2.75) is 19.6 Å². The maximum absolute atomic E-state index is 3.36. The second-order valence-electron chi connectivity index (χ2n) is 7.24. The van der Waals surface area contributed by atoms with E-state index in [1.54, 1.807) is 0 Å². The Bertz CT molecular complexity index is 999. The van der Waals surface area contributed by atoms with Gasteiger partial charge in [-0.2, -0.15) is 0 Å². The van der Waals surface area contributed by atoms with Crippen molar-refractivity contribution in [2.75, 3.05) is 0 Å². The van der Waals surface area contributed by atoms with Crippen LogP contribution >= 0.6 is 0 Å². The van der Waals surface area contributed by atoms with Crippen molar-refractivity contribution < 1.29 is 0 Å². The van der Waals surface area contributed by atoms with E-state index in [2.05, 4.69) is 67.6 Å². The molecule has 126 valence electrons. The monoisotopic (exact) mass is 350 g/mol. The third-order valence-electron chi connectivity index (χ3n) is 4.09. The van der Waals surface area contributed by atoms with Crippen LogP contribution in [-0.4, -0.2) is 8.07 Å². The first-order valence-corrected chi connectivity index (χ1v) is 12.3. The Balaban J connectivity index is 1.80. The van der Waals surface area contributed by atoms with E-state index >= 15 is 0 Å². The summed E-state index contributed by atoms with van der Waals surface area (Å²) < 4.78 is 0. The minimum Gasteiger partial charge on any atom is -0.0656 e. The summed E-state index contributed by atoms with van der Waals surface area (Å²) in [4.78, 5) is 0. The van der Waals surface area contributed by atoms with Crippen molar-refractivity contribution in [1.82, 2.24) is 0 Å². The predicted octanol–water partition coefficient (Wildman–Crippen LogP) is 5.03. The molecule has 0 aliphatic rings. The van der Waals surface area contributed by atoms with Crippen molar-refractivity contribution in [2.24, 2.45) is 0 Å². The lowest BCUT2D eigenvalue weighted by Gasteiger charge is -2.18. The molecule has 3 aromatic carbocycles. The maximum atomic E-state index is 3.36. The van der Waals surface area contributed by atoms with Gasteiger partial charge in [-0.15, -0.1) is 0 Å². The molecule has 3 aromatic rings. The molecule has 0 spiro atoms. The highest BCUT2D eigenvalue weighted by molar-refractivity contribution is 6.89. The van der Waals surface area contributed by atoms with Crippen LogP contribution in [0.3, 0.4) is 0 Å². The zero-order chi connectivity index (χ0) is 18.4. The van der Waals surface area contributed by atoms with Gasteiger partial charge in [-0.25, -0.2) is 0 Å². The highest BCUT2D eigenvalue weighted by Gasteiger charge is 2.18. The maximum Gasteiger partial charge on any atom is 0.0792 e. The molecule has 0 N–H and O–H groups in total. The lowest BCUT2D eigenvalue weighted by molar-refractivity contribution is 1.59. The minimum absolute atomic E-state index is 1.00. The van der Waals surface area contributed by atoms with Crippen LogP contribution in [0.5, 0.6) is 0 Å². The molecule has 0 heterocycles. The highest BCUT2D eigenvalue weighted by atomic mass is 28.3. The first kappa shape index (κ1) is 17.8. The van der Waals surface area contributed by atoms with E-state index in [1.165, 1.54) is 5.19 Å². The molecule has 0 saturated carbocycles. The Labute approximate surface area is 157 Å². The molecule has 0 saturated heterocycles. The second-order valence-corrected chi connectivity index (χ2v) is 12.3. The van der Waals surface area contributed by atoms with E-state index in [1.807, 2.05) is 54.6 Å². The zero-order valence-electron chi connectivity index (χ0n) is 15.5. The van der Waals surface area contributed by atoms with Crippen LogP contribution < -0.4 is 5.19 Å². The fraction of sp³-hybridized carbons (Fsp3) is 0.120. The first-order chi connectivity index (χ1) is 12.5. The molecule has 0 fully saturated rings. The first-order valence-electron chi connectivity index (χ1n) is 8.81. The lowest BCUT2D eigenvalue weighted by atomic mass is 10.1. The van der Waals surface area contributed by atoms with Gasteiger partial charge in [0.25, 0.3) is 0 Å². The average Bonchev–Trinajstić information content (AvgIpc) is 2.66. The van der Waals surface area contributed by atoms with E-state index in [0.29, 0.717) is 0 Å². The number of benzene rings is 3. The van der Waals surface area contributed by atoms with Gasteiger partial charge in [-0.05, 0) is 47.7 Å². The van der Waals surface area contributed by atoms with Crippen LogP contribution in [0.15, 0.2) is 78.9 Å². The number of rotatable bonds is 1. The Kier molecular flexibility index (Phi) is 5.42. The van der Waals surface area contributed by atoms with Gasteiger partial charge in [-0.3, -0.25) is 0 Å². The van der Waals surface area contributed by atoms with E-state index < -0.39 is 8.07 Å². The van der Waals surface area contributed by atoms with Crippen LogP contribution in [-0.2, 0) is 0 Å². The van der Waals surface area contributed by atoms with Crippen LogP contribution in [0, 0.1) is 23.7 Å². The topological polar surface area (TPSA) is 0 Å². The van der Waals surface area contributed by atoms with Crippen LogP contribution in [0.2, 0.25) is 19.6 Å². The summed E-state index contributed by atoms with van der Waals surface area (Å²) in [5.74, 6) is 13.0. The summed E-state index contributed by atoms with van der Waals surface area (Å²) in [5, 5.41) is 1.41. The zero-order valence-corrected chi connectivity index (χ0v) is 16.5. The number of hydrogen-bond acceptors (Lipinski definition) is 0. The van der Waals surface area contributed by atoms with Gasteiger partial charge in [0, 0.05) is 22.3 Å². The smallest absolute Gasteiger partial charge is 0.0656 e. The van der Waals surface area contributed by atoms with E-state index in [-0.39, 0.29) is 0 Å². The van der Waals surface area contributed by atoms with Crippen molar-refractivity contribution in [3.63, 3.8) is 0 Å². The number of hydrogen-bond donors (Lipinski definition) is 0. The van der Waals surface area contributed by atoms with Crippen LogP contribution in [0.25, 0.3) is 0 Å². The van der Waals surface area contributed by atoms with Crippen molar-refractivity contribution in [1.29, 1.82) is 0 Å². The molecule has 1 heteroatoms. The molecular formula is C25H22Si. The molecule has 0 aliphatic carbocycles. The van der Waals surface area contributed by atoms with Gasteiger partial charge in [0.15, 0.2) is 0 Å². The Morgan fingerprint density at radius 1 is 0.500 bits per heavy atom. The second kappa shape index (κ2) is 7.92. The fourth-order valence-electron chi connectivity index (χ4n) is 2.69. The highest BCUT2D eigenvalue weighted by Crippen LogP contribution is 2.07. The molecule has 0 aliphatic heterocycles. The summed E-state index contributed by atoms with van der Waals surface area (Å²) in [7, 11) is -1.39. The summed E-state index contributed by atoms with van der Waals surface area (Å²) in [6.07, 6.45) is 0. The van der Waals surface area contributed by atoms with Crippen LogP contribution in [0.4, 0.5) is 0 Å². The van der Waals surface area contributed by atoms with Gasteiger partial charge in [-0.1, -0.05) is 79.7 Å². The van der Waals surface area contributed by atoms with Crippen LogP contribution in [0.1, 0.15) is 22.3 Å². The van der Waals surface area contributed by atoms with E-state index in [4.69, 9.17) is 0 Å². The molecule has 0 unspecified atom stereocenters. The normalized spacial score (nSPS) is 10.3. The molecule has 0 bridgehead atoms. The fourth-order valence-corrected chi connectivity index (χ4v) is 4.24. The van der Waals surface area contributed by atoms with Gasteiger partial charge >= 0.3 is 0 Å². The van der Waals surface area contributed by atoms with Gasteiger partial charge in [0.05, 0.1) is 8.07 Å². The molecule has 0 amide bonds. The van der Waals surface area contributed by atoms with Crippen molar-refractivity contribution in [3.05, 3.63) is 101 Å². The van der Waals surface area contributed by atoms with E-state index in [0.717, 1.165) is 22.3 Å². The molecule has 0 radical (unpaired) electrons. The van der Waals surface area contributed by atoms with Gasteiger partial charge in [0.2, 0.25) is 0 Å². The summed E-state index contributed by atoms with van der Waals surface area (Å²) >= 11 is 0. The summed E-state index contributed by atoms with van der Waals surface area (Å²) in [5.41, 5.74) is 4.20. The standard InChI is InChI=1S/C25H22Si/c1-26(2,3)25-12-8-7-11-24(25)20-19-23-17-15-22(16-18-23)14-13-21-9-5-4-6-10-21/h4-12,15-18H,1-3H3. The molecule has 26 heavy (non-hydrogen) atoms. The summed E-state index contributed by atoms with van der Waals surface area (Å²) in [6, 6.07) is 26.7. The van der Waals surface area contributed by atoms with Gasteiger partial charge in [0.1, 0.15) is 0 Å². The molecule has 0 aromatic heterocycles. The van der Waals surface area contributed by atoms with E-state index in [9.17, 15) is 0 Å². The molecule has 3 rings (SSSR count). The lowest BCUT2D eigenvalue weighted by Crippen LogP contribution is -2.39. The summed E-state index contributed by atoms with van der Waals surface area (Å²) in [6.45, 7) is 7.06. The Morgan fingerprint density at radius 3 is 1.54 bits per heavy atom. The third-order valence-corrected chi connectivity index (χ3v) is 6.14. The third kappa shape index (κ3) is 4.76. The predicted molar refractivity (Wildman–Crippen MR) is 114 cm³/mol.